The molecule has 3 aromatic carbocycles. The molecule has 4 atom stereocenters. The molecule has 0 heterocycles. The highest BCUT2D eigenvalue weighted by Gasteiger charge is 2.25. The minimum Gasteiger partial charge on any atom is -0.126 e. The van der Waals surface area contributed by atoms with Gasteiger partial charge in [-0.1, -0.05) is 89.6 Å². The van der Waals surface area contributed by atoms with Crippen molar-refractivity contribution in [3.63, 3.8) is 0 Å². The highest BCUT2D eigenvalue weighted by atomic mass is 35.5. The summed E-state index contributed by atoms with van der Waals surface area (Å²) in [6.07, 6.45) is 0. The number of hydrogen-bond donors (Lipinski definition) is 0. The highest BCUT2D eigenvalue weighted by Crippen LogP contribution is 2.62. The second-order valence-corrected chi connectivity index (χ2v) is 13.8. The predicted molar refractivity (Wildman–Crippen MR) is 130 cm³/mol. The van der Waals surface area contributed by atoms with Crippen LogP contribution in [0.2, 0.25) is 0 Å². The molecule has 27 heavy (non-hydrogen) atoms. The zero-order valence-corrected chi connectivity index (χ0v) is 19.7. The van der Waals surface area contributed by atoms with Crippen LogP contribution in [0.25, 0.3) is 0 Å². The van der Waals surface area contributed by atoms with Crippen LogP contribution in [-0.4, -0.2) is 11.3 Å². The van der Waals surface area contributed by atoms with Crippen LogP contribution < -0.4 is 15.9 Å². The van der Waals surface area contributed by atoms with Gasteiger partial charge in [0.2, 0.25) is 0 Å². The monoisotopic (exact) mass is 430 g/mol. The maximum absolute atomic E-state index is 6.60. The summed E-state index contributed by atoms with van der Waals surface area (Å²) >= 11 is 6.60. The first-order chi connectivity index (χ1) is 13.1. The van der Waals surface area contributed by atoms with Crippen molar-refractivity contribution < 1.29 is 0 Å². The molecule has 0 aliphatic rings. The van der Waals surface area contributed by atoms with Crippen molar-refractivity contribution in [2.75, 3.05) is 5.88 Å². The lowest BCUT2D eigenvalue weighted by Gasteiger charge is -2.29. The van der Waals surface area contributed by atoms with E-state index in [1.54, 1.807) is 0 Å². The fraction of sp³-hybridized carbons (Fsp3) is 0.217. The molecule has 0 aliphatic heterocycles. The van der Waals surface area contributed by atoms with Gasteiger partial charge in [-0.3, -0.25) is 0 Å². The van der Waals surface area contributed by atoms with E-state index < -0.39 is 0 Å². The van der Waals surface area contributed by atoms with Gasteiger partial charge in [0, 0.05) is 11.3 Å². The Morgan fingerprint density at radius 1 is 0.741 bits per heavy atom. The standard InChI is InChI=1S/C23H26ClP3/c1-17-10-4-7-13-20(17)25-23(16-24)27(22-15-9-6-12-19(22)3)26-21-14-8-5-11-18(21)2/h4-15,23,25-26H,16H2,1-3H3. The fourth-order valence-corrected chi connectivity index (χ4v) is 13.0. The number of halogens is 1. The third-order valence-electron chi connectivity index (χ3n) is 4.69. The van der Waals surface area contributed by atoms with Gasteiger partial charge in [0.15, 0.2) is 0 Å². The second-order valence-electron chi connectivity index (χ2n) is 6.71. The van der Waals surface area contributed by atoms with E-state index in [4.69, 9.17) is 11.6 Å². The smallest absolute Gasteiger partial charge is 0.0337 e. The quantitative estimate of drug-likeness (QED) is 0.309. The van der Waals surface area contributed by atoms with Crippen LogP contribution in [0.15, 0.2) is 72.8 Å². The van der Waals surface area contributed by atoms with Gasteiger partial charge in [-0.2, -0.15) is 0 Å². The molecule has 3 rings (SSSR count). The number of rotatable bonds is 7. The van der Waals surface area contributed by atoms with Crippen LogP contribution >= 0.6 is 36.1 Å². The number of aryl methyl sites for hydroxylation is 3. The summed E-state index contributed by atoms with van der Waals surface area (Å²) in [5, 5.41) is 4.96. The Bertz CT molecular complexity index is 894. The van der Waals surface area contributed by atoms with Crippen LogP contribution in [0.4, 0.5) is 0 Å². The second kappa shape index (κ2) is 10.1. The maximum Gasteiger partial charge on any atom is 0.0337 e. The SMILES string of the molecule is Cc1ccccc1PC(CCl)P(Pc1ccccc1C)c1ccccc1C. The Hall–Kier alpha value is -0.760. The van der Waals surface area contributed by atoms with E-state index in [1.807, 2.05) is 0 Å². The largest absolute Gasteiger partial charge is 0.126 e. The zero-order valence-electron chi connectivity index (χ0n) is 16.0. The molecule has 4 heteroatoms. The molecule has 140 valence electrons. The van der Waals surface area contributed by atoms with Crippen molar-refractivity contribution in [1.29, 1.82) is 0 Å². The summed E-state index contributed by atoms with van der Waals surface area (Å²) in [6, 6.07) is 26.5. The number of hydrogen-bond acceptors (Lipinski definition) is 0. The molecule has 0 radical (unpaired) electrons. The molecule has 4 unspecified atom stereocenters. The van der Waals surface area contributed by atoms with E-state index in [-0.39, 0.29) is 7.61 Å². The van der Waals surface area contributed by atoms with Crippen LogP contribution in [0.3, 0.4) is 0 Å². The molecule has 3 aromatic rings. The summed E-state index contributed by atoms with van der Waals surface area (Å²) in [5.74, 6) is 0.714. The van der Waals surface area contributed by atoms with Gasteiger partial charge in [-0.05, 0) is 61.0 Å². The topological polar surface area (TPSA) is 0 Å². The van der Waals surface area contributed by atoms with Gasteiger partial charge in [0.1, 0.15) is 0 Å². The summed E-state index contributed by atoms with van der Waals surface area (Å²) in [6.45, 7) is 6.69. The van der Waals surface area contributed by atoms with Crippen molar-refractivity contribution in [1.82, 2.24) is 0 Å². The van der Waals surface area contributed by atoms with Crippen LogP contribution in [0, 0.1) is 20.8 Å². The van der Waals surface area contributed by atoms with Crippen LogP contribution in [0.1, 0.15) is 16.7 Å². The summed E-state index contributed by atoms with van der Waals surface area (Å²) in [5.41, 5.74) is 4.17. The van der Waals surface area contributed by atoms with Crippen molar-refractivity contribution in [2.45, 2.75) is 26.2 Å². The van der Waals surface area contributed by atoms with Crippen molar-refractivity contribution >= 4 is 52.0 Å². The minimum atomic E-state index is -0.361. The lowest BCUT2D eigenvalue weighted by atomic mass is 10.2. The maximum atomic E-state index is 6.60. The molecule has 0 fully saturated rings. The average molecular weight is 431 g/mol. The van der Waals surface area contributed by atoms with E-state index in [0.717, 1.165) is 16.9 Å². The van der Waals surface area contributed by atoms with Gasteiger partial charge >= 0.3 is 0 Å². The van der Waals surface area contributed by atoms with Crippen molar-refractivity contribution in [3.8, 4) is 0 Å². The van der Waals surface area contributed by atoms with Gasteiger partial charge in [0.25, 0.3) is 0 Å². The Labute approximate surface area is 173 Å². The summed E-state index contributed by atoms with van der Waals surface area (Å²) in [4.78, 5) is 0. The predicted octanol–water partition coefficient (Wildman–Crippen LogP) is 6.21. The van der Waals surface area contributed by atoms with Crippen LogP contribution in [0.5, 0.6) is 0 Å². The molecular formula is C23H26ClP3. The highest BCUT2D eigenvalue weighted by molar-refractivity contribution is 8.29. The molecule has 0 amide bonds. The number of benzene rings is 3. The number of alkyl halides is 1. The lowest BCUT2D eigenvalue weighted by Crippen LogP contribution is -2.16. The average Bonchev–Trinajstić information content (AvgIpc) is 2.68. The Balaban J connectivity index is 1.98. The Morgan fingerprint density at radius 3 is 1.81 bits per heavy atom. The fourth-order valence-electron chi connectivity index (χ4n) is 3.05. The van der Waals surface area contributed by atoms with Crippen molar-refractivity contribution in [2.24, 2.45) is 0 Å². The first kappa shape index (κ1) is 21.0. The first-order valence-corrected chi connectivity index (χ1v) is 14.0. The van der Waals surface area contributed by atoms with E-state index in [0.29, 0.717) is 11.3 Å². The van der Waals surface area contributed by atoms with Gasteiger partial charge in [-0.25, -0.2) is 0 Å². The van der Waals surface area contributed by atoms with E-state index in [9.17, 15) is 0 Å². The molecule has 0 saturated carbocycles. The minimum absolute atomic E-state index is 0.361. The molecular weight excluding hydrogens is 405 g/mol. The zero-order chi connectivity index (χ0) is 19.2. The third-order valence-corrected chi connectivity index (χ3v) is 14.8. The molecule has 0 aromatic heterocycles. The Morgan fingerprint density at radius 2 is 1.26 bits per heavy atom. The molecule has 0 N–H and O–H groups in total. The van der Waals surface area contributed by atoms with E-state index in [2.05, 4.69) is 93.6 Å². The van der Waals surface area contributed by atoms with Gasteiger partial charge in [0.05, 0.1) is 0 Å². The summed E-state index contributed by atoms with van der Waals surface area (Å²) < 4.78 is 0. The van der Waals surface area contributed by atoms with Crippen molar-refractivity contribution in [3.05, 3.63) is 89.5 Å². The van der Waals surface area contributed by atoms with E-state index in [1.165, 1.54) is 32.6 Å². The lowest BCUT2D eigenvalue weighted by molar-refractivity contribution is 1.40. The first-order valence-electron chi connectivity index (χ1n) is 9.15. The third kappa shape index (κ3) is 5.40. The molecule has 0 saturated heterocycles. The molecule has 0 aliphatic carbocycles. The van der Waals surface area contributed by atoms with Crippen LogP contribution in [-0.2, 0) is 0 Å². The van der Waals surface area contributed by atoms with Gasteiger partial charge < -0.3 is 0 Å². The molecule has 0 nitrogen and oxygen atoms in total. The Kier molecular flexibility index (Phi) is 7.87. The molecule has 0 bridgehead atoms. The van der Waals surface area contributed by atoms with E-state index >= 15 is 0 Å². The normalized spacial score (nSPS) is 14.2. The summed E-state index contributed by atoms with van der Waals surface area (Å²) in [7, 11) is 1.18. The van der Waals surface area contributed by atoms with Gasteiger partial charge in [-0.15, -0.1) is 11.6 Å². The molecule has 0 spiro atoms.